The van der Waals surface area contributed by atoms with Crippen LogP contribution in [-0.4, -0.2) is 6.54 Å². The molecule has 1 aromatic carbocycles. The van der Waals surface area contributed by atoms with Gasteiger partial charge in [-0.3, -0.25) is 0 Å². The van der Waals surface area contributed by atoms with Crippen molar-refractivity contribution in [2.24, 2.45) is 11.7 Å². The predicted molar refractivity (Wildman–Crippen MR) is 61.3 cm³/mol. The summed E-state index contributed by atoms with van der Waals surface area (Å²) in [6, 6.07) is 6.73. The Morgan fingerprint density at radius 1 is 1.50 bits per heavy atom. The predicted octanol–water partition coefficient (Wildman–Crippen LogP) is 2.61. The van der Waals surface area contributed by atoms with Gasteiger partial charge < -0.3 is 5.73 Å². The van der Waals surface area contributed by atoms with Gasteiger partial charge in [-0.1, -0.05) is 22.0 Å². The van der Waals surface area contributed by atoms with E-state index in [4.69, 9.17) is 5.73 Å². The highest BCUT2D eigenvalue weighted by molar-refractivity contribution is 9.10. The zero-order chi connectivity index (χ0) is 9.76. The van der Waals surface area contributed by atoms with Crippen LogP contribution >= 0.6 is 15.9 Å². The molecule has 1 nitrogen and oxygen atoms in total. The maximum Gasteiger partial charge on any atom is 0.0178 e. The van der Waals surface area contributed by atoms with E-state index in [1.54, 1.807) is 5.56 Å². The molecule has 0 aromatic heterocycles. The summed E-state index contributed by atoms with van der Waals surface area (Å²) in [4.78, 5) is 0. The number of benzene rings is 1. The number of hydrogen-bond acceptors (Lipinski definition) is 1. The second kappa shape index (κ2) is 2.83. The van der Waals surface area contributed by atoms with Crippen molar-refractivity contribution in [2.45, 2.75) is 24.7 Å². The van der Waals surface area contributed by atoms with Crippen molar-refractivity contribution >= 4 is 15.9 Å². The summed E-state index contributed by atoms with van der Waals surface area (Å²) < 4.78 is 1.21. The van der Waals surface area contributed by atoms with E-state index in [9.17, 15) is 0 Å². The third kappa shape index (κ3) is 1.04. The van der Waals surface area contributed by atoms with Gasteiger partial charge in [0.05, 0.1) is 0 Å². The summed E-state index contributed by atoms with van der Waals surface area (Å²) in [6.45, 7) is 0.857. The molecule has 1 saturated carbocycles. The first-order chi connectivity index (χ1) is 6.76. The molecule has 3 rings (SSSR count). The van der Waals surface area contributed by atoms with Crippen molar-refractivity contribution in [3.63, 3.8) is 0 Å². The average molecular weight is 252 g/mol. The quantitative estimate of drug-likeness (QED) is 0.816. The Hall–Kier alpha value is -0.340. The van der Waals surface area contributed by atoms with Crippen molar-refractivity contribution in [3.8, 4) is 0 Å². The van der Waals surface area contributed by atoms with E-state index in [0.717, 1.165) is 12.5 Å². The van der Waals surface area contributed by atoms with E-state index < -0.39 is 0 Å². The molecular weight excluding hydrogens is 238 g/mol. The number of rotatable bonds is 1. The van der Waals surface area contributed by atoms with E-state index in [0.29, 0.717) is 5.41 Å². The molecule has 0 aliphatic heterocycles. The van der Waals surface area contributed by atoms with Gasteiger partial charge in [-0.05, 0) is 55.0 Å². The van der Waals surface area contributed by atoms with Crippen LogP contribution < -0.4 is 5.73 Å². The average Bonchev–Trinajstić information content (AvgIpc) is 2.78. The second-order valence-corrected chi connectivity index (χ2v) is 5.51. The smallest absolute Gasteiger partial charge is 0.0178 e. The Labute approximate surface area is 92.8 Å². The molecule has 0 radical (unpaired) electrons. The first-order valence-electron chi connectivity index (χ1n) is 5.25. The van der Waals surface area contributed by atoms with E-state index >= 15 is 0 Å². The number of fused-ring (bicyclic) bond motifs is 2. The van der Waals surface area contributed by atoms with Crippen molar-refractivity contribution in [1.82, 2.24) is 0 Å². The van der Waals surface area contributed by atoms with Crippen LogP contribution in [0.2, 0.25) is 0 Å². The van der Waals surface area contributed by atoms with Crippen LogP contribution in [0, 0.1) is 5.92 Å². The SMILES string of the molecule is NC[C@@H]1C[C@]12CCc1cc(Br)ccc12. The first-order valence-corrected chi connectivity index (χ1v) is 6.04. The van der Waals surface area contributed by atoms with E-state index in [1.807, 2.05) is 0 Å². The van der Waals surface area contributed by atoms with Crippen LogP contribution in [0.1, 0.15) is 24.0 Å². The van der Waals surface area contributed by atoms with Crippen LogP contribution in [0.25, 0.3) is 0 Å². The molecule has 74 valence electrons. The molecule has 0 bridgehead atoms. The maximum atomic E-state index is 5.77. The van der Waals surface area contributed by atoms with Gasteiger partial charge in [-0.15, -0.1) is 0 Å². The van der Waals surface area contributed by atoms with Gasteiger partial charge in [0.25, 0.3) is 0 Å². The molecule has 0 amide bonds. The lowest BCUT2D eigenvalue weighted by molar-refractivity contribution is 0.601. The highest BCUT2D eigenvalue weighted by Gasteiger charge is 2.56. The molecule has 2 aliphatic carbocycles. The number of nitrogens with two attached hydrogens (primary N) is 1. The summed E-state index contributed by atoms with van der Waals surface area (Å²) in [5.41, 5.74) is 9.37. The Morgan fingerprint density at radius 2 is 2.36 bits per heavy atom. The molecule has 2 N–H and O–H groups in total. The zero-order valence-electron chi connectivity index (χ0n) is 8.09. The minimum absolute atomic E-state index is 0.491. The Balaban J connectivity index is 2.04. The molecular formula is C12H14BrN. The van der Waals surface area contributed by atoms with Gasteiger partial charge in [-0.25, -0.2) is 0 Å². The summed E-state index contributed by atoms with van der Waals surface area (Å²) in [5, 5.41) is 0. The van der Waals surface area contributed by atoms with Crippen LogP contribution in [-0.2, 0) is 11.8 Å². The number of aryl methyl sites for hydroxylation is 1. The van der Waals surface area contributed by atoms with E-state index in [1.165, 1.54) is 29.3 Å². The van der Waals surface area contributed by atoms with Crippen LogP contribution in [0.4, 0.5) is 0 Å². The van der Waals surface area contributed by atoms with Gasteiger partial charge in [-0.2, -0.15) is 0 Å². The molecule has 1 spiro atoms. The minimum Gasteiger partial charge on any atom is -0.330 e. The van der Waals surface area contributed by atoms with Gasteiger partial charge >= 0.3 is 0 Å². The van der Waals surface area contributed by atoms with E-state index in [2.05, 4.69) is 34.1 Å². The molecule has 0 unspecified atom stereocenters. The first kappa shape index (κ1) is 8.93. The van der Waals surface area contributed by atoms with Gasteiger partial charge in [0, 0.05) is 9.89 Å². The third-order valence-electron chi connectivity index (χ3n) is 3.96. The van der Waals surface area contributed by atoms with Crippen molar-refractivity contribution in [3.05, 3.63) is 33.8 Å². The maximum absolute atomic E-state index is 5.77. The lowest BCUT2D eigenvalue weighted by atomic mass is 9.95. The van der Waals surface area contributed by atoms with Gasteiger partial charge in [0.2, 0.25) is 0 Å². The molecule has 14 heavy (non-hydrogen) atoms. The molecule has 2 atom stereocenters. The van der Waals surface area contributed by atoms with Crippen LogP contribution in [0.5, 0.6) is 0 Å². The zero-order valence-corrected chi connectivity index (χ0v) is 9.68. The monoisotopic (exact) mass is 251 g/mol. The Kier molecular flexibility index (Phi) is 1.80. The van der Waals surface area contributed by atoms with Crippen molar-refractivity contribution in [2.75, 3.05) is 6.54 Å². The molecule has 2 heteroatoms. The van der Waals surface area contributed by atoms with Gasteiger partial charge in [0.15, 0.2) is 0 Å². The topological polar surface area (TPSA) is 26.0 Å². The third-order valence-corrected chi connectivity index (χ3v) is 4.45. The normalized spacial score (nSPS) is 33.4. The molecule has 1 aromatic rings. The Morgan fingerprint density at radius 3 is 3.07 bits per heavy atom. The van der Waals surface area contributed by atoms with E-state index in [-0.39, 0.29) is 0 Å². The minimum atomic E-state index is 0.491. The molecule has 1 fully saturated rings. The molecule has 0 saturated heterocycles. The van der Waals surface area contributed by atoms with Crippen molar-refractivity contribution in [1.29, 1.82) is 0 Å². The largest absolute Gasteiger partial charge is 0.330 e. The highest BCUT2D eigenvalue weighted by Crippen LogP contribution is 2.61. The van der Waals surface area contributed by atoms with Crippen LogP contribution in [0.3, 0.4) is 0 Å². The van der Waals surface area contributed by atoms with Crippen LogP contribution in [0.15, 0.2) is 22.7 Å². The standard InChI is InChI=1S/C12H14BrN/c13-10-1-2-11-8(5-10)3-4-12(11)6-9(12)7-14/h1-2,5,9H,3-4,6-7,14H2/t9-,12+/m0/s1. The summed E-state index contributed by atoms with van der Waals surface area (Å²) in [5.74, 6) is 0.755. The fourth-order valence-electron chi connectivity index (χ4n) is 3.07. The summed E-state index contributed by atoms with van der Waals surface area (Å²) in [7, 11) is 0. The second-order valence-electron chi connectivity index (χ2n) is 4.59. The summed E-state index contributed by atoms with van der Waals surface area (Å²) in [6.07, 6.45) is 3.88. The fraction of sp³-hybridized carbons (Fsp3) is 0.500. The van der Waals surface area contributed by atoms with Gasteiger partial charge in [0.1, 0.15) is 0 Å². The number of halogens is 1. The molecule has 0 heterocycles. The summed E-state index contributed by atoms with van der Waals surface area (Å²) >= 11 is 3.53. The molecule has 2 aliphatic rings. The highest BCUT2D eigenvalue weighted by atomic mass is 79.9. The van der Waals surface area contributed by atoms with Crippen molar-refractivity contribution < 1.29 is 0 Å². The Bertz CT molecular complexity index is 388. The fourth-order valence-corrected chi connectivity index (χ4v) is 3.48. The number of hydrogen-bond donors (Lipinski definition) is 1. The lowest BCUT2D eigenvalue weighted by Crippen LogP contribution is -2.12. The lowest BCUT2D eigenvalue weighted by Gasteiger charge is -2.10.